The number of hydrogen-bond donors (Lipinski definition) is 1. The van der Waals surface area contributed by atoms with Crippen molar-refractivity contribution >= 4 is 22.4 Å². The first-order chi connectivity index (χ1) is 18.2. The maximum Gasteiger partial charge on any atom is 0.167 e. The van der Waals surface area contributed by atoms with Crippen molar-refractivity contribution in [3.8, 4) is 23.0 Å². The molecule has 0 unspecified atom stereocenters. The van der Waals surface area contributed by atoms with E-state index in [0.717, 1.165) is 39.3 Å². The lowest BCUT2D eigenvalue weighted by Crippen LogP contribution is -2.37. The largest absolute Gasteiger partial charge is 0.493 e. The molecule has 0 spiro atoms. The van der Waals surface area contributed by atoms with Crippen molar-refractivity contribution in [2.45, 2.75) is 6.42 Å². The van der Waals surface area contributed by atoms with Crippen molar-refractivity contribution in [1.82, 2.24) is 14.9 Å². The van der Waals surface area contributed by atoms with E-state index in [0.29, 0.717) is 46.3 Å². The van der Waals surface area contributed by atoms with Crippen LogP contribution in [0, 0.1) is 5.82 Å². The highest BCUT2D eigenvalue weighted by Gasteiger charge is 2.15. The molecule has 0 saturated carbocycles. The SMILES string of the molecule is COc1cc2c(Oc3ccc(Nc4ccccn4)cc3F)ccnc2cc1OCCCN1CCOCC1. The first-order valence-corrected chi connectivity index (χ1v) is 12.2. The van der Waals surface area contributed by atoms with Crippen molar-refractivity contribution in [3.05, 3.63) is 72.8 Å². The van der Waals surface area contributed by atoms with Crippen molar-refractivity contribution in [2.75, 3.05) is 51.9 Å². The maximum atomic E-state index is 14.9. The first-order valence-electron chi connectivity index (χ1n) is 12.2. The number of nitrogens with zero attached hydrogens (tertiary/aromatic N) is 3. The van der Waals surface area contributed by atoms with Crippen LogP contribution in [0.2, 0.25) is 0 Å². The van der Waals surface area contributed by atoms with Gasteiger partial charge in [0.05, 0.1) is 32.4 Å². The molecule has 0 bridgehead atoms. The van der Waals surface area contributed by atoms with Gasteiger partial charge in [-0.05, 0) is 42.8 Å². The van der Waals surface area contributed by atoms with Gasteiger partial charge in [-0.15, -0.1) is 0 Å². The minimum Gasteiger partial charge on any atom is -0.493 e. The van der Waals surface area contributed by atoms with E-state index in [-0.39, 0.29) is 5.75 Å². The molecular formula is C28H29FN4O4. The molecule has 1 aliphatic heterocycles. The van der Waals surface area contributed by atoms with Crippen LogP contribution in [-0.2, 0) is 4.74 Å². The molecule has 192 valence electrons. The van der Waals surface area contributed by atoms with Crippen molar-refractivity contribution in [2.24, 2.45) is 0 Å². The zero-order valence-corrected chi connectivity index (χ0v) is 20.7. The highest BCUT2D eigenvalue weighted by atomic mass is 19.1. The Morgan fingerprint density at radius 1 is 0.946 bits per heavy atom. The molecule has 37 heavy (non-hydrogen) atoms. The fourth-order valence-electron chi connectivity index (χ4n) is 4.15. The number of fused-ring (bicyclic) bond motifs is 1. The minimum absolute atomic E-state index is 0.0986. The van der Waals surface area contributed by atoms with E-state index in [1.54, 1.807) is 43.8 Å². The van der Waals surface area contributed by atoms with Gasteiger partial charge in [0.15, 0.2) is 23.1 Å². The molecule has 0 amide bonds. The fourth-order valence-corrected chi connectivity index (χ4v) is 4.15. The van der Waals surface area contributed by atoms with E-state index in [1.165, 1.54) is 6.07 Å². The molecule has 8 nitrogen and oxygen atoms in total. The minimum atomic E-state index is -0.502. The Kier molecular flexibility index (Phi) is 7.93. The summed E-state index contributed by atoms with van der Waals surface area (Å²) < 4.78 is 37.9. The molecule has 1 N–H and O–H groups in total. The summed E-state index contributed by atoms with van der Waals surface area (Å²) in [5.41, 5.74) is 1.23. The van der Waals surface area contributed by atoms with Gasteiger partial charge < -0.3 is 24.3 Å². The van der Waals surface area contributed by atoms with Crippen LogP contribution in [0.1, 0.15) is 6.42 Å². The number of benzene rings is 2. The Morgan fingerprint density at radius 3 is 2.62 bits per heavy atom. The van der Waals surface area contributed by atoms with Crippen LogP contribution >= 0.6 is 0 Å². The summed E-state index contributed by atoms with van der Waals surface area (Å²) in [4.78, 5) is 11.0. The molecule has 9 heteroatoms. The number of nitrogens with one attached hydrogen (secondary N) is 1. The predicted octanol–water partition coefficient (Wildman–Crippen LogP) is 5.41. The molecular weight excluding hydrogens is 475 g/mol. The highest BCUT2D eigenvalue weighted by Crippen LogP contribution is 2.38. The van der Waals surface area contributed by atoms with Gasteiger partial charge in [-0.1, -0.05) is 6.07 Å². The van der Waals surface area contributed by atoms with E-state index >= 15 is 0 Å². The molecule has 0 aliphatic carbocycles. The van der Waals surface area contributed by atoms with Gasteiger partial charge in [-0.2, -0.15) is 0 Å². The monoisotopic (exact) mass is 504 g/mol. The van der Waals surface area contributed by atoms with Crippen molar-refractivity contribution in [1.29, 1.82) is 0 Å². The summed E-state index contributed by atoms with van der Waals surface area (Å²) in [7, 11) is 1.59. The van der Waals surface area contributed by atoms with Crippen LogP contribution in [0.15, 0.2) is 67.0 Å². The summed E-state index contributed by atoms with van der Waals surface area (Å²) in [5, 5.41) is 3.76. The van der Waals surface area contributed by atoms with Gasteiger partial charge >= 0.3 is 0 Å². The van der Waals surface area contributed by atoms with E-state index in [2.05, 4.69) is 20.2 Å². The summed E-state index contributed by atoms with van der Waals surface area (Å²) >= 11 is 0. The van der Waals surface area contributed by atoms with Gasteiger partial charge in [-0.3, -0.25) is 9.88 Å². The summed E-state index contributed by atoms with van der Waals surface area (Å²) in [5.74, 6) is 1.86. The zero-order valence-electron chi connectivity index (χ0n) is 20.7. The Morgan fingerprint density at radius 2 is 1.84 bits per heavy atom. The lowest BCUT2D eigenvalue weighted by atomic mass is 10.1. The second-order valence-electron chi connectivity index (χ2n) is 8.57. The second-order valence-corrected chi connectivity index (χ2v) is 8.57. The third-order valence-corrected chi connectivity index (χ3v) is 6.06. The standard InChI is InChI=1S/C28H29FN4O4/c1-34-26-18-21-23(19-27(26)36-14-4-11-33-12-15-35-16-13-33)30-10-8-24(21)37-25-7-6-20(17-22(25)29)32-28-5-2-3-9-31-28/h2-3,5-10,17-19H,4,11-16H2,1H3,(H,31,32). The summed E-state index contributed by atoms with van der Waals surface area (Å²) in [6, 6.07) is 15.5. The van der Waals surface area contributed by atoms with Crippen molar-refractivity contribution in [3.63, 3.8) is 0 Å². The van der Waals surface area contributed by atoms with Gasteiger partial charge in [0.25, 0.3) is 0 Å². The fraction of sp³-hybridized carbons (Fsp3) is 0.286. The lowest BCUT2D eigenvalue weighted by molar-refractivity contribution is 0.0357. The van der Waals surface area contributed by atoms with E-state index in [4.69, 9.17) is 18.9 Å². The van der Waals surface area contributed by atoms with Crippen LogP contribution in [0.5, 0.6) is 23.0 Å². The first kappa shape index (κ1) is 24.7. The number of aromatic nitrogens is 2. The molecule has 0 atom stereocenters. The van der Waals surface area contributed by atoms with Crippen LogP contribution in [0.25, 0.3) is 10.9 Å². The number of methoxy groups -OCH3 is 1. The molecule has 2 aromatic carbocycles. The van der Waals surface area contributed by atoms with E-state index in [9.17, 15) is 4.39 Å². The Labute approximate surface area is 215 Å². The van der Waals surface area contributed by atoms with Gasteiger partial charge in [0.1, 0.15) is 11.6 Å². The Balaban J connectivity index is 1.29. The van der Waals surface area contributed by atoms with E-state index in [1.807, 2.05) is 24.3 Å². The third kappa shape index (κ3) is 6.25. The number of ether oxygens (including phenoxy) is 4. The molecule has 3 heterocycles. The van der Waals surface area contributed by atoms with Crippen LogP contribution in [-0.4, -0.2) is 61.4 Å². The average molecular weight is 505 g/mol. The number of pyridine rings is 2. The predicted molar refractivity (Wildman–Crippen MR) is 140 cm³/mol. The topological polar surface area (TPSA) is 78.0 Å². The molecule has 0 radical (unpaired) electrons. The number of anilines is 2. The zero-order chi connectivity index (χ0) is 25.5. The van der Waals surface area contributed by atoms with Gasteiger partial charge in [0.2, 0.25) is 0 Å². The maximum absolute atomic E-state index is 14.9. The number of morpholine rings is 1. The molecule has 1 aliphatic rings. The van der Waals surface area contributed by atoms with E-state index < -0.39 is 5.82 Å². The Bertz CT molecular complexity index is 1330. The molecule has 5 rings (SSSR count). The van der Waals surface area contributed by atoms with Crippen molar-refractivity contribution < 1.29 is 23.3 Å². The number of rotatable bonds is 10. The average Bonchev–Trinajstić information content (AvgIpc) is 2.93. The second kappa shape index (κ2) is 11.9. The number of halogens is 1. The summed E-state index contributed by atoms with van der Waals surface area (Å²) in [6.07, 6.45) is 4.18. The normalized spacial score (nSPS) is 13.9. The van der Waals surface area contributed by atoms with Crippen LogP contribution in [0.4, 0.5) is 15.9 Å². The Hall–Kier alpha value is -3.95. The molecule has 1 fully saturated rings. The van der Waals surface area contributed by atoms with Gasteiger partial charge in [0, 0.05) is 55.2 Å². The molecule has 4 aromatic rings. The van der Waals surface area contributed by atoms with Crippen LogP contribution < -0.4 is 19.5 Å². The quantitative estimate of drug-likeness (QED) is 0.287. The smallest absolute Gasteiger partial charge is 0.167 e. The van der Waals surface area contributed by atoms with Crippen LogP contribution in [0.3, 0.4) is 0 Å². The highest BCUT2D eigenvalue weighted by molar-refractivity contribution is 5.88. The molecule has 2 aromatic heterocycles. The number of hydrogen-bond acceptors (Lipinski definition) is 8. The van der Waals surface area contributed by atoms with Gasteiger partial charge in [-0.25, -0.2) is 9.37 Å². The summed E-state index contributed by atoms with van der Waals surface area (Å²) in [6.45, 7) is 4.99. The third-order valence-electron chi connectivity index (χ3n) is 6.06. The molecule has 1 saturated heterocycles. The lowest BCUT2D eigenvalue weighted by Gasteiger charge is -2.26.